The van der Waals surface area contributed by atoms with Crippen LogP contribution in [0.2, 0.25) is 5.02 Å². The number of halogens is 1. The molecule has 0 saturated heterocycles. The van der Waals surface area contributed by atoms with Crippen molar-refractivity contribution in [2.45, 2.75) is 43.1 Å². The van der Waals surface area contributed by atoms with E-state index in [1.807, 2.05) is 22.9 Å². The first-order chi connectivity index (χ1) is 23.6. The Bertz CT molecular complexity index is 1890. The van der Waals surface area contributed by atoms with Gasteiger partial charge in [0, 0.05) is 30.9 Å². The first-order valence-corrected chi connectivity index (χ1v) is 17.5. The highest BCUT2D eigenvalue weighted by molar-refractivity contribution is 7.90. The number of rotatable bonds is 15. The van der Waals surface area contributed by atoms with Gasteiger partial charge in [-0.25, -0.2) is 13.1 Å². The minimum absolute atomic E-state index is 0.0835. The number of pyridine rings is 1. The molecular weight excluding hydrogens is 672 g/mol. The number of aromatic nitrogens is 1. The first kappa shape index (κ1) is 35.2. The molecule has 1 aromatic heterocycles. The Morgan fingerprint density at radius 1 is 0.980 bits per heavy atom. The van der Waals surface area contributed by atoms with Gasteiger partial charge in [-0.1, -0.05) is 48.0 Å². The number of ether oxygens (including phenoxy) is 2. The summed E-state index contributed by atoms with van der Waals surface area (Å²) in [5.74, 6) is -1.66. The largest absolute Gasteiger partial charge is 0.494 e. The lowest BCUT2D eigenvalue weighted by Gasteiger charge is -2.36. The van der Waals surface area contributed by atoms with Gasteiger partial charge in [0.15, 0.2) is 11.9 Å². The number of benzene rings is 3. The Hall–Kier alpha value is -5.14. The van der Waals surface area contributed by atoms with Gasteiger partial charge in [0.2, 0.25) is 0 Å². The van der Waals surface area contributed by atoms with Crippen LogP contribution in [0.4, 0.5) is 11.4 Å². The van der Waals surface area contributed by atoms with Crippen LogP contribution in [0.1, 0.15) is 41.6 Å². The number of carbonyl (C=O) groups excluding carboxylic acids is 2. The standard InChI is InChI=1S/C35H35ClN4O8S/c36-27-18-19-37-22-31(27)49(45,46)39-35(44)30-23-40(20-7-13-32(41)42)29-12-6-11-28(33(29)48-30)38-34(43)25-14-16-26(17-15-25)47-21-5-4-10-24-8-2-1-3-9-24/h1-3,6,8-9,11-12,14-19,22,30H,4-5,7,10,13,20-21,23H2,(H,38,43)(H,39,44)(H,41,42). The van der Waals surface area contributed by atoms with Crippen molar-refractivity contribution in [1.82, 2.24) is 9.71 Å². The van der Waals surface area contributed by atoms with Crippen LogP contribution in [0.15, 0.2) is 96.2 Å². The van der Waals surface area contributed by atoms with Crippen molar-refractivity contribution < 1.29 is 37.4 Å². The van der Waals surface area contributed by atoms with E-state index in [0.29, 0.717) is 23.6 Å². The molecular formula is C35H35ClN4O8S. The summed E-state index contributed by atoms with van der Waals surface area (Å²) in [6.07, 6.45) is 3.95. The van der Waals surface area contributed by atoms with Crippen molar-refractivity contribution >= 4 is 50.8 Å². The summed E-state index contributed by atoms with van der Waals surface area (Å²) in [6, 6.07) is 23.2. The molecule has 256 valence electrons. The van der Waals surface area contributed by atoms with Gasteiger partial charge < -0.3 is 24.8 Å². The number of nitrogens with zero attached hydrogens (tertiary/aromatic N) is 2. The van der Waals surface area contributed by atoms with E-state index in [2.05, 4.69) is 22.4 Å². The average Bonchev–Trinajstić information content (AvgIpc) is 3.08. The number of aryl methyl sites for hydroxylation is 1. The Balaban J connectivity index is 1.26. The number of amides is 2. The van der Waals surface area contributed by atoms with Gasteiger partial charge in [0.25, 0.3) is 21.8 Å². The number of sulfonamides is 1. The molecule has 12 nitrogen and oxygen atoms in total. The van der Waals surface area contributed by atoms with E-state index in [1.54, 1.807) is 47.4 Å². The molecule has 5 rings (SSSR count). The summed E-state index contributed by atoms with van der Waals surface area (Å²) in [5, 5.41) is 11.9. The second-order valence-electron chi connectivity index (χ2n) is 11.2. The quantitative estimate of drug-likeness (QED) is 0.138. The number of para-hydroxylation sites is 1. The van der Waals surface area contributed by atoms with E-state index in [0.717, 1.165) is 25.5 Å². The molecule has 49 heavy (non-hydrogen) atoms. The van der Waals surface area contributed by atoms with E-state index in [9.17, 15) is 22.8 Å². The van der Waals surface area contributed by atoms with Crippen molar-refractivity contribution in [3.8, 4) is 11.5 Å². The molecule has 4 aromatic rings. The molecule has 0 spiro atoms. The smallest absolute Gasteiger partial charge is 0.303 e. The molecule has 0 saturated carbocycles. The third-order valence-electron chi connectivity index (χ3n) is 7.69. The number of fused-ring (bicyclic) bond motifs is 1. The molecule has 1 aliphatic rings. The summed E-state index contributed by atoms with van der Waals surface area (Å²) in [7, 11) is -4.40. The number of carbonyl (C=O) groups is 3. The molecule has 0 bridgehead atoms. The van der Waals surface area contributed by atoms with E-state index in [1.165, 1.54) is 17.8 Å². The molecule has 2 heterocycles. The van der Waals surface area contributed by atoms with Crippen molar-refractivity contribution in [3.63, 3.8) is 0 Å². The normalized spacial score (nSPS) is 13.9. The molecule has 14 heteroatoms. The van der Waals surface area contributed by atoms with Gasteiger partial charge in [-0.2, -0.15) is 0 Å². The molecule has 0 fully saturated rings. The number of nitrogens with one attached hydrogen (secondary N) is 2. The number of carboxylic acids is 1. The molecule has 2 amide bonds. The lowest BCUT2D eigenvalue weighted by atomic mass is 10.1. The zero-order chi connectivity index (χ0) is 34.8. The van der Waals surface area contributed by atoms with Crippen LogP contribution in [-0.4, -0.2) is 62.1 Å². The summed E-state index contributed by atoms with van der Waals surface area (Å²) >= 11 is 6.03. The van der Waals surface area contributed by atoms with Gasteiger partial charge in [-0.3, -0.25) is 19.4 Å². The maximum Gasteiger partial charge on any atom is 0.303 e. The van der Waals surface area contributed by atoms with Crippen molar-refractivity contribution in [2.75, 3.05) is 29.9 Å². The fourth-order valence-corrected chi connectivity index (χ4v) is 6.66. The van der Waals surface area contributed by atoms with E-state index in [-0.39, 0.29) is 47.3 Å². The minimum atomic E-state index is -4.40. The lowest BCUT2D eigenvalue weighted by molar-refractivity contribution is -0.137. The Labute approximate surface area is 289 Å². The fraction of sp³-hybridized carbons (Fsp3) is 0.257. The van der Waals surface area contributed by atoms with Gasteiger partial charge in [-0.15, -0.1) is 0 Å². The van der Waals surface area contributed by atoms with E-state index in [4.69, 9.17) is 26.2 Å². The third kappa shape index (κ3) is 9.48. The second kappa shape index (κ2) is 16.3. The highest BCUT2D eigenvalue weighted by Gasteiger charge is 2.35. The summed E-state index contributed by atoms with van der Waals surface area (Å²) < 4.78 is 39.8. The van der Waals surface area contributed by atoms with Crippen LogP contribution >= 0.6 is 11.6 Å². The molecule has 3 aromatic carbocycles. The Morgan fingerprint density at radius 3 is 2.49 bits per heavy atom. The Kier molecular flexibility index (Phi) is 11.7. The molecule has 1 aliphatic heterocycles. The Morgan fingerprint density at radius 2 is 1.76 bits per heavy atom. The van der Waals surface area contributed by atoms with Crippen LogP contribution in [0.3, 0.4) is 0 Å². The average molecular weight is 707 g/mol. The number of carboxylic acid groups (broad SMARTS) is 1. The van der Waals surface area contributed by atoms with Crippen LogP contribution in [0.25, 0.3) is 0 Å². The molecule has 1 atom stereocenters. The number of unbranched alkanes of at least 4 members (excludes halogenated alkanes) is 1. The minimum Gasteiger partial charge on any atom is -0.494 e. The highest BCUT2D eigenvalue weighted by atomic mass is 35.5. The van der Waals surface area contributed by atoms with Gasteiger partial charge in [0.05, 0.1) is 29.5 Å². The predicted molar refractivity (Wildman–Crippen MR) is 184 cm³/mol. The fourth-order valence-electron chi connectivity index (χ4n) is 5.22. The van der Waals surface area contributed by atoms with Gasteiger partial charge >= 0.3 is 5.97 Å². The van der Waals surface area contributed by atoms with Crippen molar-refractivity contribution in [1.29, 1.82) is 0 Å². The maximum atomic E-state index is 13.3. The van der Waals surface area contributed by atoms with Gasteiger partial charge in [0.1, 0.15) is 10.6 Å². The van der Waals surface area contributed by atoms with E-state index >= 15 is 0 Å². The predicted octanol–water partition coefficient (Wildman–Crippen LogP) is 5.33. The number of aliphatic carboxylic acids is 1. The zero-order valence-electron chi connectivity index (χ0n) is 26.4. The van der Waals surface area contributed by atoms with Crippen molar-refractivity contribution in [2.24, 2.45) is 0 Å². The molecule has 0 radical (unpaired) electrons. The lowest BCUT2D eigenvalue weighted by Crippen LogP contribution is -2.50. The topological polar surface area (TPSA) is 164 Å². The second-order valence-corrected chi connectivity index (χ2v) is 13.3. The zero-order valence-corrected chi connectivity index (χ0v) is 28.0. The first-order valence-electron chi connectivity index (χ1n) is 15.6. The summed E-state index contributed by atoms with van der Waals surface area (Å²) in [5.41, 5.74) is 2.37. The molecule has 3 N–H and O–H groups in total. The number of hydrogen-bond donors (Lipinski definition) is 3. The third-order valence-corrected chi connectivity index (χ3v) is 9.50. The van der Waals surface area contributed by atoms with Crippen LogP contribution < -0.4 is 24.4 Å². The van der Waals surface area contributed by atoms with Crippen LogP contribution in [-0.2, 0) is 26.0 Å². The highest BCUT2D eigenvalue weighted by Crippen LogP contribution is 2.40. The summed E-state index contributed by atoms with van der Waals surface area (Å²) in [4.78, 5) is 42.9. The number of hydrogen-bond acceptors (Lipinski definition) is 9. The van der Waals surface area contributed by atoms with Crippen LogP contribution in [0, 0.1) is 0 Å². The van der Waals surface area contributed by atoms with Crippen LogP contribution in [0.5, 0.6) is 11.5 Å². The maximum absolute atomic E-state index is 13.3. The monoisotopic (exact) mass is 706 g/mol. The SMILES string of the molecule is O=C(O)CCCN1CC(C(=O)NS(=O)(=O)c2cnccc2Cl)Oc2c(NC(=O)c3ccc(OCCCCc4ccccc4)cc3)cccc21. The van der Waals surface area contributed by atoms with Crippen molar-refractivity contribution in [3.05, 3.63) is 107 Å². The molecule has 1 unspecified atom stereocenters. The van der Waals surface area contributed by atoms with E-state index < -0.39 is 33.9 Å². The number of anilines is 2. The molecule has 0 aliphatic carbocycles. The van der Waals surface area contributed by atoms with Gasteiger partial charge in [-0.05, 0) is 73.7 Å². The summed E-state index contributed by atoms with van der Waals surface area (Å²) in [6.45, 7) is 0.679.